The molecule has 6 heteroatoms. The molecular weight excluding hydrogens is 257 g/mol. The lowest BCUT2D eigenvalue weighted by molar-refractivity contribution is -0.139. The maximum absolute atomic E-state index is 12.7. The van der Waals surface area contributed by atoms with Gasteiger partial charge in [-0.1, -0.05) is 6.42 Å². The average molecular weight is 274 g/mol. The van der Waals surface area contributed by atoms with E-state index in [4.69, 9.17) is 0 Å². The van der Waals surface area contributed by atoms with E-state index < -0.39 is 17.3 Å². The summed E-state index contributed by atoms with van der Waals surface area (Å²) in [5.74, 6) is 0. The van der Waals surface area contributed by atoms with Crippen LogP contribution in [0.3, 0.4) is 0 Å². The summed E-state index contributed by atoms with van der Waals surface area (Å²) in [6.07, 6.45) is -0.0784. The highest BCUT2D eigenvalue weighted by molar-refractivity contribution is 5.14. The van der Waals surface area contributed by atoms with Gasteiger partial charge in [-0.2, -0.15) is 13.2 Å². The van der Waals surface area contributed by atoms with Gasteiger partial charge in [-0.15, -0.1) is 0 Å². The van der Waals surface area contributed by atoms with Gasteiger partial charge < -0.3 is 9.47 Å². The molecule has 2 heterocycles. The van der Waals surface area contributed by atoms with Crippen molar-refractivity contribution in [3.8, 4) is 0 Å². The summed E-state index contributed by atoms with van der Waals surface area (Å²) in [5, 5.41) is 0. The lowest BCUT2D eigenvalue weighted by Gasteiger charge is -2.32. The number of hydrogen-bond donors (Lipinski definition) is 0. The molecule has 0 N–H and O–H groups in total. The summed E-state index contributed by atoms with van der Waals surface area (Å²) in [5.41, 5.74) is -2.04. The molecule has 1 atom stereocenters. The molecule has 0 spiro atoms. The Morgan fingerprint density at radius 3 is 2.74 bits per heavy atom. The van der Waals surface area contributed by atoms with Crippen LogP contribution in [-0.4, -0.2) is 29.1 Å². The van der Waals surface area contributed by atoms with Gasteiger partial charge in [-0.05, 0) is 38.6 Å². The fraction of sp³-hybridized carbons (Fsp3) is 0.615. The Hall–Kier alpha value is -1.30. The average Bonchev–Trinajstić information content (AvgIpc) is 2.33. The van der Waals surface area contributed by atoms with Crippen molar-refractivity contribution >= 4 is 0 Å². The number of halogens is 3. The first-order valence-electron chi connectivity index (χ1n) is 6.36. The van der Waals surface area contributed by atoms with Crippen molar-refractivity contribution in [2.45, 2.75) is 38.0 Å². The van der Waals surface area contributed by atoms with Gasteiger partial charge in [-0.25, -0.2) is 0 Å². The molecule has 1 aliphatic rings. The van der Waals surface area contributed by atoms with Crippen molar-refractivity contribution in [3.63, 3.8) is 0 Å². The van der Waals surface area contributed by atoms with Gasteiger partial charge in [0.25, 0.3) is 5.56 Å². The zero-order valence-corrected chi connectivity index (χ0v) is 10.8. The van der Waals surface area contributed by atoms with Gasteiger partial charge >= 0.3 is 6.18 Å². The van der Waals surface area contributed by atoms with Crippen LogP contribution in [0.15, 0.2) is 23.1 Å². The van der Waals surface area contributed by atoms with E-state index in [2.05, 4.69) is 4.90 Å². The van der Waals surface area contributed by atoms with Gasteiger partial charge in [-0.3, -0.25) is 4.79 Å². The lowest BCUT2D eigenvalue weighted by Crippen LogP contribution is -2.41. The molecular formula is C13H17F3N2O. The standard InChI is InChI=1S/C13H17F3N2O/c1-17-7-3-2-5-10(17)9-18-8-4-6-11(12(18)19)13(14,15)16/h4,6,8,10H,2-3,5,7,9H2,1H3/t10-/m0/s1. The Morgan fingerprint density at radius 1 is 1.37 bits per heavy atom. The number of likely N-dealkylation sites (tertiary alicyclic amines) is 1. The maximum atomic E-state index is 12.7. The molecule has 1 aromatic heterocycles. The highest BCUT2D eigenvalue weighted by Crippen LogP contribution is 2.26. The molecule has 106 valence electrons. The van der Waals surface area contributed by atoms with E-state index in [1.54, 1.807) is 0 Å². The molecule has 0 unspecified atom stereocenters. The van der Waals surface area contributed by atoms with Crippen LogP contribution in [0.2, 0.25) is 0 Å². The van der Waals surface area contributed by atoms with E-state index in [0.717, 1.165) is 31.9 Å². The Bertz CT molecular complexity index is 495. The molecule has 1 saturated heterocycles. The minimum Gasteiger partial charge on any atom is -0.313 e. The minimum atomic E-state index is -4.58. The van der Waals surface area contributed by atoms with Crippen LogP contribution in [0.5, 0.6) is 0 Å². The molecule has 1 aromatic rings. The smallest absolute Gasteiger partial charge is 0.313 e. The van der Waals surface area contributed by atoms with Gasteiger partial charge in [0.1, 0.15) is 5.56 Å². The first-order valence-corrected chi connectivity index (χ1v) is 6.36. The molecule has 1 fully saturated rings. The van der Waals surface area contributed by atoms with Crippen LogP contribution in [-0.2, 0) is 12.7 Å². The summed E-state index contributed by atoms with van der Waals surface area (Å²) >= 11 is 0. The van der Waals surface area contributed by atoms with Crippen molar-refractivity contribution in [1.82, 2.24) is 9.47 Å². The van der Waals surface area contributed by atoms with Crippen LogP contribution >= 0.6 is 0 Å². The molecule has 0 saturated carbocycles. The van der Waals surface area contributed by atoms with Gasteiger partial charge in [0.05, 0.1) is 0 Å². The van der Waals surface area contributed by atoms with Gasteiger partial charge in [0.15, 0.2) is 0 Å². The molecule has 0 aliphatic carbocycles. The van der Waals surface area contributed by atoms with E-state index >= 15 is 0 Å². The topological polar surface area (TPSA) is 25.2 Å². The van der Waals surface area contributed by atoms with E-state index in [1.165, 1.54) is 16.8 Å². The first-order chi connectivity index (χ1) is 8.89. The Labute approximate surface area is 109 Å². The second-order valence-corrected chi connectivity index (χ2v) is 5.01. The predicted molar refractivity (Wildman–Crippen MR) is 66.0 cm³/mol. The first kappa shape index (κ1) is 14.1. The van der Waals surface area contributed by atoms with Crippen molar-refractivity contribution < 1.29 is 13.2 Å². The molecule has 0 amide bonds. The zero-order chi connectivity index (χ0) is 14.0. The largest absolute Gasteiger partial charge is 0.421 e. The summed E-state index contributed by atoms with van der Waals surface area (Å²) in [6, 6.07) is 2.26. The van der Waals surface area contributed by atoms with Crippen LogP contribution in [0.1, 0.15) is 24.8 Å². The van der Waals surface area contributed by atoms with Crippen LogP contribution in [0, 0.1) is 0 Å². The number of pyridine rings is 1. The van der Waals surface area contributed by atoms with E-state index in [-0.39, 0.29) is 6.04 Å². The van der Waals surface area contributed by atoms with E-state index in [1.807, 2.05) is 7.05 Å². The quantitative estimate of drug-likeness (QED) is 0.827. The number of nitrogens with zero attached hydrogens (tertiary/aromatic N) is 2. The molecule has 0 bridgehead atoms. The third kappa shape index (κ3) is 3.18. The fourth-order valence-corrected chi connectivity index (χ4v) is 2.50. The highest BCUT2D eigenvalue weighted by atomic mass is 19.4. The predicted octanol–water partition coefficient (Wildman–Crippen LogP) is 2.35. The Morgan fingerprint density at radius 2 is 2.11 bits per heavy atom. The molecule has 0 radical (unpaired) electrons. The van der Waals surface area contributed by atoms with Crippen molar-refractivity contribution in [3.05, 3.63) is 34.2 Å². The maximum Gasteiger partial charge on any atom is 0.421 e. The van der Waals surface area contributed by atoms with Gasteiger partial charge in [0.2, 0.25) is 0 Å². The molecule has 2 rings (SSSR count). The molecule has 1 aliphatic heterocycles. The van der Waals surface area contributed by atoms with E-state index in [9.17, 15) is 18.0 Å². The Balaban J connectivity index is 2.24. The minimum absolute atomic E-state index is 0.134. The number of hydrogen-bond acceptors (Lipinski definition) is 2. The summed E-state index contributed by atoms with van der Waals surface area (Å²) in [7, 11) is 1.95. The molecule has 0 aromatic carbocycles. The summed E-state index contributed by atoms with van der Waals surface area (Å²) in [4.78, 5) is 13.9. The second kappa shape index (κ2) is 5.36. The highest BCUT2D eigenvalue weighted by Gasteiger charge is 2.34. The van der Waals surface area contributed by atoms with Crippen molar-refractivity contribution in [1.29, 1.82) is 0 Å². The van der Waals surface area contributed by atoms with Crippen LogP contribution in [0.4, 0.5) is 13.2 Å². The number of alkyl halides is 3. The summed E-state index contributed by atoms with van der Waals surface area (Å²) < 4.78 is 39.2. The normalized spacial score (nSPS) is 21.6. The fourth-order valence-electron chi connectivity index (χ4n) is 2.50. The molecule has 19 heavy (non-hydrogen) atoms. The number of piperidine rings is 1. The van der Waals surface area contributed by atoms with Gasteiger partial charge in [0, 0.05) is 18.8 Å². The number of aromatic nitrogens is 1. The van der Waals surface area contributed by atoms with Crippen molar-refractivity contribution in [2.75, 3.05) is 13.6 Å². The molecule has 3 nitrogen and oxygen atoms in total. The van der Waals surface area contributed by atoms with E-state index in [0.29, 0.717) is 6.54 Å². The third-order valence-electron chi connectivity index (χ3n) is 3.65. The van der Waals surface area contributed by atoms with Crippen molar-refractivity contribution in [2.24, 2.45) is 0 Å². The third-order valence-corrected chi connectivity index (χ3v) is 3.65. The SMILES string of the molecule is CN1CCCC[C@H]1Cn1cccc(C(F)(F)F)c1=O. The number of rotatable bonds is 2. The summed E-state index contributed by atoms with van der Waals surface area (Å²) in [6.45, 7) is 1.25. The Kier molecular flexibility index (Phi) is 3.99. The number of likely N-dealkylation sites (N-methyl/N-ethyl adjacent to an activating group) is 1. The zero-order valence-electron chi connectivity index (χ0n) is 10.8. The monoisotopic (exact) mass is 274 g/mol. The van der Waals surface area contributed by atoms with Crippen LogP contribution in [0.25, 0.3) is 0 Å². The van der Waals surface area contributed by atoms with Crippen LogP contribution < -0.4 is 5.56 Å². The lowest BCUT2D eigenvalue weighted by atomic mass is 10.0. The second-order valence-electron chi connectivity index (χ2n) is 5.01.